The first-order valence-corrected chi connectivity index (χ1v) is 7.92. The first kappa shape index (κ1) is 16.3. The lowest BCUT2D eigenvalue weighted by Gasteiger charge is -2.19. The Labute approximate surface area is 133 Å². The van der Waals surface area contributed by atoms with Gasteiger partial charge in [0.15, 0.2) is 0 Å². The van der Waals surface area contributed by atoms with Gasteiger partial charge in [-0.2, -0.15) is 0 Å². The fourth-order valence-corrected chi connectivity index (χ4v) is 2.80. The molecule has 2 rings (SSSR count). The number of ether oxygens (including phenoxy) is 1. The molecule has 2 nitrogen and oxygen atoms in total. The van der Waals surface area contributed by atoms with Crippen LogP contribution >= 0.6 is 0 Å². The lowest BCUT2D eigenvalue weighted by atomic mass is 9.91. The summed E-state index contributed by atoms with van der Waals surface area (Å²) < 4.78 is 5.67. The summed E-state index contributed by atoms with van der Waals surface area (Å²) in [5.74, 6) is 0.0566. The third-order valence-corrected chi connectivity index (χ3v) is 3.93. The van der Waals surface area contributed by atoms with Gasteiger partial charge in [-0.3, -0.25) is 0 Å². The Morgan fingerprint density at radius 2 is 1.68 bits per heavy atom. The lowest BCUT2D eigenvalue weighted by molar-refractivity contribution is 0.0336. The summed E-state index contributed by atoms with van der Waals surface area (Å²) in [6.45, 7) is 8.26. The van der Waals surface area contributed by atoms with Gasteiger partial charge < -0.3 is 4.74 Å². The number of hydrogen-bond acceptors (Lipinski definition) is 2. The SMILES string of the molecule is CCc1cccc(C(=O)OC(C)c2ccccc2)c1C(C)C. The maximum absolute atomic E-state index is 12.6. The highest BCUT2D eigenvalue weighted by molar-refractivity contribution is 5.92. The van der Waals surface area contributed by atoms with E-state index >= 15 is 0 Å². The molecule has 2 heteroatoms. The molecule has 0 aliphatic carbocycles. The Bertz CT molecular complexity index is 629. The molecule has 1 atom stereocenters. The lowest BCUT2D eigenvalue weighted by Crippen LogP contribution is -2.13. The Balaban J connectivity index is 2.26. The van der Waals surface area contributed by atoms with Crippen LogP contribution in [0.15, 0.2) is 48.5 Å². The van der Waals surface area contributed by atoms with E-state index in [-0.39, 0.29) is 12.1 Å². The molecule has 0 aliphatic heterocycles. The number of hydrogen-bond donors (Lipinski definition) is 0. The van der Waals surface area contributed by atoms with Crippen LogP contribution in [0.5, 0.6) is 0 Å². The van der Waals surface area contributed by atoms with Crippen LogP contribution < -0.4 is 0 Å². The van der Waals surface area contributed by atoms with Crippen molar-refractivity contribution in [2.45, 2.75) is 46.1 Å². The third kappa shape index (κ3) is 3.56. The quantitative estimate of drug-likeness (QED) is 0.701. The van der Waals surface area contributed by atoms with Crippen LogP contribution in [0.4, 0.5) is 0 Å². The van der Waals surface area contributed by atoms with Crippen LogP contribution in [0.2, 0.25) is 0 Å². The molecule has 0 spiro atoms. The van der Waals surface area contributed by atoms with Crippen molar-refractivity contribution >= 4 is 5.97 Å². The van der Waals surface area contributed by atoms with Crippen molar-refractivity contribution in [2.24, 2.45) is 0 Å². The van der Waals surface area contributed by atoms with Crippen LogP contribution in [0.1, 0.15) is 66.8 Å². The first-order chi connectivity index (χ1) is 10.5. The predicted octanol–water partition coefficient (Wildman–Crippen LogP) is 5.29. The monoisotopic (exact) mass is 296 g/mol. The molecular formula is C20H24O2. The van der Waals surface area contributed by atoms with Crippen molar-refractivity contribution in [1.82, 2.24) is 0 Å². The zero-order valence-electron chi connectivity index (χ0n) is 13.8. The standard InChI is InChI=1S/C20H24O2/c1-5-16-12-9-13-18(19(16)14(2)3)20(21)22-15(4)17-10-7-6-8-11-17/h6-15H,5H2,1-4H3. The van der Waals surface area contributed by atoms with Gasteiger partial charge in [0.25, 0.3) is 0 Å². The number of carbonyl (C=O) groups excluding carboxylic acids is 1. The second-order valence-corrected chi connectivity index (χ2v) is 5.84. The van der Waals surface area contributed by atoms with Gasteiger partial charge in [0, 0.05) is 0 Å². The second kappa shape index (κ2) is 7.26. The zero-order valence-corrected chi connectivity index (χ0v) is 13.8. The van der Waals surface area contributed by atoms with E-state index in [1.807, 2.05) is 49.4 Å². The minimum absolute atomic E-state index is 0.240. The molecule has 1 unspecified atom stereocenters. The molecule has 116 valence electrons. The minimum atomic E-state index is -0.251. The predicted molar refractivity (Wildman–Crippen MR) is 90.2 cm³/mol. The van der Waals surface area contributed by atoms with Crippen molar-refractivity contribution in [3.8, 4) is 0 Å². The van der Waals surface area contributed by atoms with Gasteiger partial charge in [-0.25, -0.2) is 4.79 Å². The zero-order chi connectivity index (χ0) is 16.1. The Kier molecular flexibility index (Phi) is 5.37. The molecule has 0 aliphatic rings. The summed E-state index contributed by atoms with van der Waals surface area (Å²) in [4.78, 5) is 12.6. The van der Waals surface area contributed by atoms with E-state index in [1.54, 1.807) is 0 Å². The van der Waals surface area contributed by atoms with Gasteiger partial charge in [0.2, 0.25) is 0 Å². The summed E-state index contributed by atoms with van der Waals surface area (Å²) >= 11 is 0. The van der Waals surface area contributed by atoms with Crippen molar-refractivity contribution in [2.75, 3.05) is 0 Å². The van der Waals surface area contributed by atoms with Gasteiger partial charge >= 0.3 is 5.97 Å². The fourth-order valence-electron chi connectivity index (χ4n) is 2.80. The van der Waals surface area contributed by atoms with E-state index in [0.29, 0.717) is 11.5 Å². The van der Waals surface area contributed by atoms with Crippen molar-refractivity contribution in [3.63, 3.8) is 0 Å². The van der Waals surface area contributed by atoms with Crippen LogP contribution in [0.3, 0.4) is 0 Å². The topological polar surface area (TPSA) is 26.3 Å². The maximum atomic E-state index is 12.6. The Morgan fingerprint density at radius 3 is 2.27 bits per heavy atom. The van der Waals surface area contributed by atoms with Crippen LogP contribution in [-0.4, -0.2) is 5.97 Å². The van der Waals surface area contributed by atoms with Crippen molar-refractivity contribution < 1.29 is 9.53 Å². The molecular weight excluding hydrogens is 272 g/mol. The van der Waals surface area contributed by atoms with Crippen LogP contribution in [-0.2, 0) is 11.2 Å². The fraction of sp³-hybridized carbons (Fsp3) is 0.350. The first-order valence-electron chi connectivity index (χ1n) is 7.92. The molecule has 0 saturated heterocycles. The Morgan fingerprint density at radius 1 is 1.00 bits per heavy atom. The van der Waals surface area contributed by atoms with Gasteiger partial charge in [-0.1, -0.05) is 63.2 Å². The average Bonchev–Trinajstić information content (AvgIpc) is 2.54. The van der Waals surface area contributed by atoms with E-state index in [1.165, 1.54) is 5.56 Å². The summed E-state index contributed by atoms with van der Waals surface area (Å²) in [5.41, 5.74) is 4.03. The number of rotatable bonds is 5. The van der Waals surface area contributed by atoms with Gasteiger partial charge in [0.05, 0.1) is 5.56 Å². The van der Waals surface area contributed by atoms with Crippen molar-refractivity contribution in [3.05, 3.63) is 70.8 Å². The molecule has 0 saturated carbocycles. The van der Waals surface area contributed by atoms with E-state index in [2.05, 4.69) is 26.8 Å². The number of aryl methyl sites for hydroxylation is 1. The smallest absolute Gasteiger partial charge is 0.339 e. The molecule has 22 heavy (non-hydrogen) atoms. The second-order valence-electron chi connectivity index (χ2n) is 5.84. The number of benzene rings is 2. The highest BCUT2D eigenvalue weighted by atomic mass is 16.5. The van der Waals surface area contributed by atoms with E-state index in [9.17, 15) is 4.79 Å². The summed E-state index contributed by atoms with van der Waals surface area (Å²) in [6, 6.07) is 15.7. The molecule has 2 aromatic carbocycles. The van der Waals surface area contributed by atoms with Crippen molar-refractivity contribution in [1.29, 1.82) is 0 Å². The van der Waals surface area contributed by atoms with Gasteiger partial charge in [-0.15, -0.1) is 0 Å². The number of carbonyl (C=O) groups is 1. The van der Waals surface area contributed by atoms with Crippen LogP contribution in [0.25, 0.3) is 0 Å². The molecule has 0 radical (unpaired) electrons. The third-order valence-electron chi connectivity index (χ3n) is 3.93. The summed E-state index contributed by atoms with van der Waals surface area (Å²) in [5, 5.41) is 0. The molecule has 0 N–H and O–H groups in total. The summed E-state index contributed by atoms with van der Waals surface area (Å²) in [7, 11) is 0. The molecule has 0 bridgehead atoms. The minimum Gasteiger partial charge on any atom is -0.454 e. The molecule has 0 heterocycles. The highest BCUT2D eigenvalue weighted by Gasteiger charge is 2.20. The van der Waals surface area contributed by atoms with E-state index < -0.39 is 0 Å². The normalized spacial score (nSPS) is 12.2. The van der Waals surface area contributed by atoms with Gasteiger partial charge in [-0.05, 0) is 42.0 Å². The molecule has 0 fully saturated rings. The maximum Gasteiger partial charge on any atom is 0.339 e. The summed E-state index contributed by atoms with van der Waals surface area (Å²) in [6.07, 6.45) is 0.669. The number of esters is 1. The van der Waals surface area contributed by atoms with Crippen LogP contribution in [0, 0.1) is 0 Å². The van der Waals surface area contributed by atoms with E-state index in [4.69, 9.17) is 4.74 Å². The van der Waals surface area contributed by atoms with E-state index in [0.717, 1.165) is 17.5 Å². The largest absolute Gasteiger partial charge is 0.454 e. The van der Waals surface area contributed by atoms with Gasteiger partial charge in [0.1, 0.15) is 6.10 Å². The molecule has 0 amide bonds. The highest BCUT2D eigenvalue weighted by Crippen LogP contribution is 2.27. The average molecular weight is 296 g/mol. The molecule has 2 aromatic rings. The molecule has 0 aromatic heterocycles. The Hall–Kier alpha value is -2.09.